The number of hydrogen-bond acceptors (Lipinski definition) is 3. The molecule has 4 rings (SSSR count). The van der Waals surface area contributed by atoms with Crippen LogP contribution in [-0.2, 0) is 22.7 Å². The summed E-state index contributed by atoms with van der Waals surface area (Å²) in [7, 11) is 1.80. The predicted octanol–water partition coefficient (Wildman–Crippen LogP) is 5.12. The molecule has 2 heterocycles. The van der Waals surface area contributed by atoms with Crippen LogP contribution in [0.1, 0.15) is 53.0 Å². The molecule has 1 aromatic heterocycles. The number of carbonyl (C=O) groups is 2. The minimum atomic E-state index is -0.321. The third-order valence-corrected chi connectivity index (χ3v) is 6.84. The van der Waals surface area contributed by atoms with Crippen molar-refractivity contribution in [2.24, 2.45) is 0 Å². The molecule has 6 nitrogen and oxygen atoms in total. The van der Waals surface area contributed by atoms with Gasteiger partial charge in [-0.05, 0) is 42.7 Å². The lowest BCUT2D eigenvalue weighted by atomic mass is 9.93. The summed E-state index contributed by atoms with van der Waals surface area (Å²) in [4.78, 5) is 28.9. The predicted molar refractivity (Wildman–Crippen MR) is 134 cm³/mol. The van der Waals surface area contributed by atoms with Crippen molar-refractivity contribution in [3.05, 3.63) is 93.4 Å². The van der Waals surface area contributed by atoms with E-state index in [1.165, 1.54) is 6.92 Å². The fourth-order valence-electron chi connectivity index (χ4n) is 4.46. The van der Waals surface area contributed by atoms with E-state index in [9.17, 15) is 9.59 Å². The number of benzene rings is 2. The van der Waals surface area contributed by atoms with Crippen LogP contribution < -0.4 is 0 Å². The van der Waals surface area contributed by atoms with Crippen LogP contribution in [0.15, 0.2) is 54.7 Å². The van der Waals surface area contributed by atoms with E-state index in [1.807, 2.05) is 73.1 Å². The summed E-state index contributed by atoms with van der Waals surface area (Å²) in [6, 6.07) is 15.3. The van der Waals surface area contributed by atoms with Crippen molar-refractivity contribution >= 4 is 29.5 Å². The van der Waals surface area contributed by atoms with Crippen LogP contribution in [0, 0.1) is 13.8 Å². The Hall–Kier alpha value is -3.38. The molecule has 1 atom stereocenters. The van der Waals surface area contributed by atoms with Crippen LogP contribution in [0.4, 0.5) is 0 Å². The minimum Gasteiger partial charge on any atom is -0.341 e. The van der Waals surface area contributed by atoms with Gasteiger partial charge in [-0.15, -0.1) is 0 Å². The van der Waals surface area contributed by atoms with Crippen LogP contribution >= 0.6 is 11.6 Å². The van der Waals surface area contributed by atoms with Gasteiger partial charge >= 0.3 is 0 Å². The van der Waals surface area contributed by atoms with Crippen molar-refractivity contribution in [2.75, 3.05) is 7.05 Å². The molecule has 2 aromatic carbocycles. The molecule has 0 spiro atoms. The van der Waals surface area contributed by atoms with Crippen LogP contribution in [0.25, 0.3) is 6.08 Å². The molecule has 0 radical (unpaired) electrons. The summed E-state index contributed by atoms with van der Waals surface area (Å²) in [6.07, 6.45) is 3.90. The fourth-order valence-corrected chi connectivity index (χ4v) is 4.66. The van der Waals surface area contributed by atoms with E-state index in [-0.39, 0.29) is 24.3 Å². The lowest BCUT2D eigenvalue weighted by molar-refractivity contribution is -0.134. The van der Waals surface area contributed by atoms with Crippen molar-refractivity contribution in [2.45, 2.75) is 46.3 Å². The second-order valence-corrected chi connectivity index (χ2v) is 9.15. The van der Waals surface area contributed by atoms with Gasteiger partial charge in [0.1, 0.15) is 0 Å². The highest BCUT2D eigenvalue weighted by atomic mass is 35.5. The fraction of sp³-hybridized carbons (Fsp3) is 0.296. The number of aromatic nitrogens is 2. The molecule has 0 saturated heterocycles. The average molecular weight is 477 g/mol. The highest BCUT2D eigenvalue weighted by Crippen LogP contribution is 2.33. The molecule has 0 N–H and O–H groups in total. The molecule has 0 saturated carbocycles. The average Bonchev–Trinajstić information content (AvgIpc) is 3.07. The monoisotopic (exact) mass is 476 g/mol. The van der Waals surface area contributed by atoms with Gasteiger partial charge in [-0.2, -0.15) is 5.10 Å². The Balaban J connectivity index is 1.51. The maximum atomic E-state index is 13.3. The van der Waals surface area contributed by atoms with Crippen LogP contribution in [-0.4, -0.2) is 38.4 Å². The molecule has 0 aliphatic carbocycles. The minimum absolute atomic E-state index is 0.0287. The number of carbonyl (C=O) groups excluding carboxylic acids is 2. The van der Waals surface area contributed by atoms with E-state index >= 15 is 0 Å². The van der Waals surface area contributed by atoms with Gasteiger partial charge in [0.25, 0.3) is 0 Å². The van der Waals surface area contributed by atoms with Crippen molar-refractivity contribution in [3.8, 4) is 0 Å². The van der Waals surface area contributed by atoms with Gasteiger partial charge < -0.3 is 9.80 Å². The van der Waals surface area contributed by atoms with E-state index in [1.54, 1.807) is 23.0 Å². The smallest absolute Gasteiger partial charge is 0.225 e. The Morgan fingerprint density at radius 3 is 2.53 bits per heavy atom. The van der Waals surface area contributed by atoms with Gasteiger partial charge in [0.2, 0.25) is 11.8 Å². The Morgan fingerprint density at radius 1 is 1.09 bits per heavy atom. The third kappa shape index (κ3) is 4.77. The summed E-state index contributed by atoms with van der Waals surface area (Å²) >= 11 is 6.33. The highest BCUT2D eigenvalue weighted by molar-refractivity contribution is 6.31. The van der Waals surface area contributed by atoms with Crippen LogP contribution in [0.3, 0.4) is 0 Å². The number of rotatable bonds is 6. The SMILES string of the molecule is CC(=O)N1C=Cc2ccccc2[C@@H]1CC(=O)N(C)Cc1c(C)nn(Cc2ccccc2Cl)c1C. The van der Waals surface area contributed by atoms with Gasteiger partial charge in [-0.3, -0.25) is 14.3 Å². The zero-order valence-electron chi connectivity index (χ0n) is 20.0. The molecule has 2 amide bonds. The first-order chi connectivity index (χ1) is 16.3. The topological polar surface area (TPSA) is 58.4 Å². The largest absolute Gasteiger partial charge is 0.341 e. The molecule has 34 heavy (non-hydrogen) atoms. The molecule has 7 heteroatoms. The van der Waals surface area contributed by atoms with E-state index < -0.39 is 0 Å². The maximum Gasteiger partial charge on any atom is 0.225 e. The van der Waals surface area contributed by atoms with Crippen molar-refractivity contribution in [1.29, 1.82) is 0 Å². The maximum absolute atomic E-state index is 13.3. The van der Waals surface area contributed by atoms with E-state index in [0.717, 1.165) is 33.6 Å². The first-order valence-corrected chi connectivity index (χ1v) is 11.7. The number of hydrogen-bond donors (Lipinski definition) is 0. The lowest BCUT2D eigenvalue weighted by Gasteiger charge is -2.33. The van der Waals surface area contributed by atoms with Gasteiger partial charge in [0, 0.05) is 43.0 Å². The van der Waals surface area contributed by atoms with E-state index in [0.29, 0.717) is 18.1 Å². The van der Waals surface area contributed by atoms with Crippen molar-refractivity contribution in [1.82, 2.24) is 19.6 Å². The molecule has 0 bridgehead atoms. The molecule has 3 aromatic rings. The van der Waals surface area contributed by atoms with Crippen molar-refractivity contribution in [3.63, 3.8) is 0 Å². The second kappa shape index (κ2) is 9.85. The normalized spacial score (nSPS) is 14.7. The van der Waals surface area contributed by atoms with Gasteiger partial charge in [0.05, 0.1) is 24.7 Å². The van der Waals surface area contributed by atoms with Crippen molar-refractivity contribution < 1.29 is 9.59 Å². The number of fused-ring (bicyclic) bond motifs is 1. The number of halogens is 1. The number of aryl methyl sites for hydroxylation is 1. The van der Waals surface area contributed by atoms with Gasteiger partial charge in [0.15, 0.2) is 0 Å². The Bertz CT molecular complexity index is 1260. The summed E-state index contributed by atoms with van der Waals surface area (Å²) in [5.41, 5.74) is 5.94. The molecular formula is C27H29ClN4O2. The molecule has 1 aliphatic rings. The summed E-state index contributed by atoms with van der Waals surface area (Å²) in [5, 5.41) is 5.41. The second-order valence-electron chi connectivity index (χ2n) is 8.74. The quantitative estimate of drug-likeness (QED) is 0.496. The summed E-state index contributed by atoms with van der Waals surface area (Å²) < 4.78 is 1.93. The van der Waals surface area contributed by atoms with Gasteiger partial charge in [-0.25, -0.2) is 0 Å². The highest BCUT2D eigenvalue weighted by Gasteiger charge is 2.29. The summed E-state index contributed by atoms with van der Waals surface area (Å²) in [6.45, 7) is 6.53. The number of nitrogens with zero attached hydrogens (tertiary/aromatic N) is 4. The number of amides is 2. The Labute approximate surface area is 205 Å². The van der Waals surface area contributed by atoms with Crippen LogP contribution in [0.5, 0.6) is 0 Å². The Morgan fingerprint density at radius 2 is 1.79 bits per heavy atom. The third-order valence-electron chi connectivity index (χ3n) is 6.47. The molecule has 1 aliphatic heterocycles. The molecular weight excluding hydrogens is 448 g/mol. The Kier molecular flexibility index (Phi) is 6.89. The first kappa shape index (κ1) is 23.8. The van der Waals surface area contributed by atoms with Gasteiger partial charge in [-0.1, -0.05) is 54.1 Å². The first-order valence-electron chi connectivity index (χ1n) is 11.3. The molecule has 176 valence electrons. The zero-order valence-corrected chi connectivity index (χ0v) is 20.7. The lowest BCUT2D eigenvalue weighted by Crippen LogP contribution is -2.36. The molecule has 0 unspecified atom stereocenters. The standard InChI is InChI=1S/C27H29ClN4O2/c1-18-24(19(2)32(29-18)16-22-10-6-8-12-25(22)28)17-30(4)27(34)15-26-23-11-7-5-9-21(23)13-14-31(26)20(3)33/h5-14,26H,15-17H2,1-4H3/t26-/m0/s1. The molecule has 0 fully saturated rings. The summed E-state index contributed by atoms with van der Waals surface area (Å²) in [5.74, 6) is -0.113. The van der Waals surface area contributed by atoms with E-state index in [2.05, 4.69) is 0 Å². The van der Waals surface area contributed by atoms with Crippen LogP contribution in [0.2, 0.25) is 5.02 Å². The van der Waals surface area contributed by atoms with E-state index in [4.69, 9.17) is 16.7 Å². The zero-order chi connectivity index (χ0) is 24.4.